The summed E-state index contributed by atoms with van der Waals surface area (Å²) in [6, 6.07) is 24.4. The average Bonchev–Trinajstić information content (AvgIpc) is 3.39. The highest BCUT2D eigenvalue weighted by atomic mass is 15.4. The Hall–Kier alpha value is -4.52. The van der Waals surface area contributed by atoms with Crippen LogP contribution >= 0.6 is 0 Å². The van der Waals surface area contributed by atoms with E-state index in [0.29, 0.717) is 0 Å². The normalized spacial score (nSPS) is 11.4. The number of rotatable bonds is 4. The van der Waals surface area contributed by atoms with Gasteiger partial charge in [0.05, 0.1) is 22.6 Å². The van der Waals surface area contributed by atoms with Gasteiger partial charge in [-0.25, -0.2) is 14.6 Å². The van der Waals surface area contributed by atoms with Gasteiger partial charge in [-0.3, -0.25) is 0 Å². The molecule has 0 saturated heterocycles. The summed E-state index contributed by atoms with van der Waals surface area (Å²) >= 11 is 0. The summed E-state index contributed by atoms with van der Waals surface area (Å²) in [5.41, 5.74) is 6.85. The molecular formula is C28H25N7. The van der Waals surface area contributed by atoms with Gasteiger partial charge in [0.1, 0.15) is 11.6 Å². The molecule has 0 atom stereocenters. The van der Waals surface area contributed by atoms with E-state index in [1.165, 1.54) is 0 Å². The van der Waals surface area contributed by atoms with Crippen LogP contribution in [0.1, 0.15) is 22.5 Å². The molecular weight excluding hydrogens is 434 g/mol. The van der Waals surface area contributed by atoms with Crippen LogP contribution in [0.3, 0.4) is 0 Å². The van der Waals surface area contributed by atoms with Crippen molar-refractivity contribution in [3.05, 3.63) is 95.3 Å². The minimum absolute atomic E-state index is 0.728. The summed E-state index contributed by atoms with van der Waals surface area (Å²) in [6.45, 7) is 8.19. The first-order valence-corrected chi connectivity index (χ1v) is 11.6. The van der Waals surface area contributed by atoms with Gasteiger partial charge in [0, 0.05) is 16.8 Å². The van der Waals surface area contributed by atoms with Gasteiger partial charge in [0.25, 0.3) is 0 Å². The fraction of sp³-hybridized carbons (Fsp3) is 0.143. The molecule has 0 radical (unpaired) electrons. The Labute approximate surface area is 203 Å². The molecule has 6 aromatic rings. The summed E-state index contributed by atoms with van der Waals surface area (Å²) in [5, 5.41) is 15.2. The highest BCUT2D eigenvalue weighted by Gasteiger charge is 2.16. The lowest BCUT2D eigenvalue weighted by Crippen LogP contribution is -2.07. The van der Waals surface area contributed by atoms with E-state index in [1.54, 1.807) is 0 Å². The van der Waals surface area contributed by atoms with E-state index in [0.717, 1.165) is 67.6 Å². The van der Waals surface area contributed by atoms with Gasteiger partial charge < -0.3 is 5.32 Å². The number of fused-ring (bicyclic) bond motifs is 2. The van der Waals surface area contributed by atoms with Gasteiger partial charge in [-0.15, -0.1) is 0 Å². The van der Waals surface area contributed by atoms with Gasteiger partial charge in [-0.1, -0.05) is 36.4 Å². The SMILES string of the molecule is Cc1cc(Nc2cc(C)c3c(C)nn(-c4ccccc4)c3n2)n(-c2cc(C)c3ccccc3n2)n1. The monoisotopic (exact) mass is 459 g/mol. The van der Waals surface area contributed by atoms with Crippen LogP contribution in [0, 0.1) is 27.7 Å². The second-order valence-corrected chi connectivity index (χ2v) is 8.88. The van der Waals surface area contributed by atoms with E-state index in [4.69, 9.17) is 20.2 Å². The van der Waals surface area contributed by atoms with E-state index in [2.05, 4.69) is 37.4 Å². The number of aromatic nitrogens is 6. The number of benzene rings is 2. The van der Waals surface area contributed by atoms with Crippen LogP contribution in [-0.2, 0) is 0 Å². The maximum absolute atomic E-state index is 4.97. The third kappa shape index (κ3) is 3.61. The van der Waals surface area contributed by atoms with Crippen molar-refractivity contribution in [3.63, 3.8) is 0 Å². The van der Waals surface area contributed by atoms with Crippen molar-refractivity contribution in [3.8, 4) is 11.5 Å². The second kappa shape index (κ2) is 8.06. The molecule has 0 aliphatic carbocycles. The summed E-state index contributed by atoms with van der Waals surface area (Å²) in [7, 11) is 0. The van der Waals surface area contributed by atoms with Crippen molar-refractivity contribution < 1.29 is 0 Å². The molecule has 0 spiro atoms. The molecule has 172 valence electrons. The molecule has 4 heterocycles. The fourth-order valence-electron chi connectivity index (χ4n) is 4.65. The van der Waals surface area contributed by atoms with Gasteiger partial charge >= 0.3 is 0 Å². The molecule has 0 amide bonds. The van der Waals surface area contributed by atoms with Crippen molar-refractivity contribution in [2.45, 2.75) is 27.7 Å². The smallest absolute Gasteiger partial charge is 0.165 e. The molecule has 6 rings (SSSR count). The van der Waals surface area contributed by atoms with E-state index in [-0.39, 0.29) is 0 Å². The van der Waals surface area contributed by atoms with E-state index in [9.17, 15) is 0 Å². The summed E-state index contributed by atoms with van der Waals surface area (Å²) < 4.78 is 3.75. The molecule has 1 N–H and O–H groups in total. The molecule has 0 aliphatic heterocycles. The molecule has 2 aromatic carbocycles. The number of nitrogens with one attached hydrogen (secondary N) is 1. The molecule has 0 bridgehead atoms. The van der Waals surface area contributed by atoms with Crippen molar-refractivity contribution >= 4 is 33.6 Å². The Bertz CT molecular complexity index is 1710. The number of hydrogen-bond acceptors (Lipinski definition) is 5. The van der Waals surface area contributed by atoms with Crippen LogP contribution in [0.5, 0.6) is 0 Å². The van der Waals surface area contributed by atoms with Crippen LogP contribution in [0.25, 0.3) is 33.4 Å². The second-order valence-electron chi connectivity index (χ2n) is 8.88. The van der Waals surface area contributed by atoms with Crippen LogP contribution in [0.4, 0.5) is 11.6 Å². The Kier molecular flexibility index (Phi) is 4.84. The highest BCUT2D eigenvalue weighted by molar-refractivity contribution is 5.86. The molecule has 35 heavy (non-hydrogen) atoms. The number of aryl methyl sites for hydroxylation is 4. The summed E-state index contributed by atoms with van der Waals surface area (Å²) in [4.78, 5) is 9.84. The molecule has 7 heteroatoms. The molecule has 0 saturated carbocycles. The summed E-state index contributed by atoms with van der Waals surface area (Å²) in [6.07, 6.45) is 0. The van der Waals surface area contributed by atoms with Crippen molar-refractivity contribution in [1.29, 1.82) is 0 Å². The maximum Gasteiger partial charge on any atom is 0.165 e. The first-order valence-electron chi connectivity index (χ1n) is 11.6. The average molecular weight is 460 g/mol. The third-order valence-electron chi connectivity index (χ3n) is 6.22. The molecule has 0 unspecified atom stereocenters. The first-order chi connectivity index (χ1) is 17.0. The maximum atomic E-state index is 4.97. The quantitative estimate of drug-likeness (QED) is 0.343. The molecule has 4 aromatic heterocycles. The van der Waals surface area contributed by atoms with Crippen LogP contribution in [0.15, 0.2) is 72.8 Å². The Balaban J connectivity index is 1.46. The standard InChI is InChI=1S/C28H25N7/c1-17-15-25(29-23-13-9-8-12-22(17)23)35-26(16-19(3)32-35)30-24-14-18(2)27-20(4)33-34(28(27)31-24)21-10-6-5-7-11-21/h5-16H,1-4H3,(H,30,31). The topological polar surface area (TPSA) is 73.5 Å². The highest BCUT2D eigenvalue weighted by Crippen LogP contribution is 2.28. The van der Waals surface area contributed by atoms with Crippen molar-refractivity contribution in [1.82, 2.24) is 29.5 Å². The lowest BCUT2D eigenvalue weighted by atomic mass is 10.1. The number of hydrogen-bond donors (Lipinski definition) is 1. The minimum Gasteiger partial charge on any atom is -0.325 e. The van der Waals surface area contributed by atoms with Gasteiger partial charge in [-0.05, 0) is 69.2 Å². The first kappa shape index (κ1) is 21.0. The van der Waals surface area contributed by atoms with Gasteiger partial charge in [-0.2, -0.15) is 14.9 Å². The predicted octanol–water partition coefficient (Wildman–Crippen LogP) is 6.13. The minimum atomic E-state index is 0.728. The van der Waals surface area contributed by atoms with E-state index in [1.807, 2.05) is 77.8 Å². The predicted molar refractivity (Wildman–Crippen MR) is 140 cm³/mol. The van der Waals surface area contributed by atoms with Crippen LogP contribution in [-0.4, -0.2) is 29.5 Å². The van der Waals surface area contributed by atoms with E-state index >= 15 is 0 Å². The largest absolute Gasteiger partial charge is 0.325 e. The zero-order chi connectivity index (χ0) is 24.1. The lowest BCUT2D eigenvalue weighted by Gasteiger charge is -2.12. The summed E-state index contributed by atoms with van der Waals surface area (Å²) in [5.74, 6) is 2.30. The zero-order valence-electron chi connectivity index (χ0n) is 20.1. The fourth-order valence-corrected chi connectivity index (χ4v) is 4.65. The third-order valence-corrected chi connectivity index (χ3v) is 6.22. The number of pyridine rings is 2. The Morgan fingerprint density at radius 3 is 2.31 bits per heavy atom. The van der Waals surface area contributed by atoms with Crippen molar-refractivity contribution in [2.75, 3.05) is 5.32 Å². The number of anilines is 2. The number of para-hydroxylation sites is 2. The van der Waals surface area contributed by atoms with Gasteiger partial charge in [0.15, 0.2) is 11.5 Å². The van der Waals surface area contributed by atoms with Gasteiger partial charge in [0.2, 0.25) is 0 Å². The Morgan fingerprint density at radius 1 is 0.714 bits per heavy atom. The number of nitrogens with zero attached hydrogens (tertiary/aromatic N) is 6. The zero-order valence-corrected chi connectivity index (χ0v) is 20.1. The molecule has 7 nitrogen and oxygen atoms in total. The molecule has 0 fully saturated rings. The van der Waals surface area contributed by atoms with E-state index < -0.39 is 0 Å². The van der Waals surface area contributed by atoms with Crippen LogP contribution in [0.2, 0.25) is 0 Å². The molecule has 0 aliphatic rings. The Morgan fingerprint density at radius 2 is 1.49 bits per heavy atom. The lowest BCUT2D eigenvalue weighted by molar-refractivity contribution is 0.842. The van der Waals surface area contributed by atoms with Crippen LogP contribution < -0.4 is 5.32 Å². The van der Waals surface area contributed by atoms with Crippen molar-refractivity contribution in [2.24, 2.45) is 0 Å².